The first-order chi connectivity index (χ1) is 9.81. The van der Waals surface area contributed by atoms with E-state index in [2.05, 4.69) is 42.2 Å². The van der Waals surface area contributed by atoms with Crippen LogP contribution < -0.4 is 5.73 Å². The number of nitrogens with two attached hydrogens (primary N) is 1. The van der Waals surface area contributed by atoms with E-state index >= 15 is 0 Å². The van der Waals surface area contributed by atoms with Crippen molar-refractivity contribution in [3.05, 3.63) is 42.2 Å². The molecule has 20 heavy (non-hydrogen) atoms. The normalized spacial score (nSPS) is 24.7. The van der Waals surface area contributed by atoms with Crippen molar-refractivity contribution in [2.45, 2.75) is 45.1 Å². The van der Waals surface area contributed by atoms with Crippen LogP contribution >= 0.6 is 0 Å². The molecule has 3 rings (SSSR count). The third kappa shape index (κ3) is 2.45. The van der Waals surface area contributed by atoms with Crippen LogP contribution in [-0.2, 0) is 0 Å². The average Bonchev–Trinajstić information content (AvgIpc) is 2.53. The Morgan fingerprint density at radius 3 is 2.85 bits per heavy atom. The van der Waals surface area contributed by atoms with Gasteiger partial charge in [0.15, 0.2) is 0 Å². The van der Waals surface area contributed by atoms with Gasteiger partial charge in [0.1, 0.15) is 0 Å². The number of pyridine rings is 1. The quantitative estimate of drug-likeness (QED) is 0.893. The van der Waals surface area contributed by atoms with Gasteiger partial charge in [-0.15, -0.1) is 0 Å². The summed E-state index contributed by atoms with van der Waals surface area (Å²) in [5, 5.41) is 2.47. The number of aromatic nitrogens is 1. The molecule has 2 aromatic rings. The largest absolute Gasteiger partial charge is 0.322 e. The first-order valence-electron chi connectivity index (χ1n) is 7.90. The molecule has 2 N–H and O–H groups in total. The SMILES string of the molecule is CCC1CCCCC1C(N)c1nccc2ccccc12. The van der Waals surface area contributed by atoms with E-state index < -0.39 is 0 Å². The molecular formula is C18H24N2. The van der Waals surface area contributed by atoms with Crippen LogP contribution in [0.25, 0.3) is 10.8 Å². The van der Waals surface area contributed by atoms with E-state index in [0.717, 1.165) is 11.6 Å². The lowest BCUT2D eigenvalue weighted by Gasteiger charge is -2.35. The van der Waals surface area contributed by atoms with Gasteiger partial charge >= 0.3 is 0 Å². The van der Waals surface area contributed by atoms with Crippen LogP contribution in [0.2, 0.25) is 0 Å². The van der Waals surface area contributed by atoms with Crippen LogP contribution in [-0.4, -0.2) is 4.98 Å². The van der Waals surface area contributed by atoms with E-state index in [-0.39, 0.29) is 6.04 Å². The minimum Gasteiger partial charge on any atom is -0.322 e. The molecule has 1 aromatic heterocycles. The zero-order valence-electron chi connectivity index (χ0n) is 12.3. The zero-order chi connectivity index (χ0) is 13.9. The van der Waals surface area contributed by atoms with Crippen LogP contribution in [0.4, 0.5) is 0 Å². The fourth-order valence-corrected chi connectivity index (χ4v) is 3.83. The first kappa shape index (κ1) is 13.6. The highest BCUT2D eigenvalue weighted by Crippen LogP contribution is 2.39. The summed E-state index contributed by atoms with van der Waals surface area (Å²) in [6, 6.07) is 10.6. The molecule has 1 heterocycles. The predicted octanol–water partition coefficient (Wildman–Crippen LogP) is 4.45. The molecule has 2 nitrogen and oxygen atoms in total. The predicted molar refractivity (Wildman–Crippen MR) is 84.4 cm³/mol. The molecule has 1 aromatic carbocycles. The van der Waals surface area contributed by atoms with Crippen LogP contribution in [0.5, 0.6) is 0 Å². The lowest BCUT2D eigenvalue weighted by atomic mass is 9.73. The number of fused-ring (bicyclic) bond motifs is 1. The van der Waals surface area contributed by atoms with E-state index in [1.54, 1.807) is 0 Å². The Morgan fingerprint density at radius 2 is 2.00 bits per heavy atom. The number of nitrogens with zero attached hydrogens (tertiary/aromatic N) is 1. The van der Waals surface area contributed by atoms with Crippen molar-refractivity contribution in [2.24, 2.45) is 17.6 Å². The summed E-state index contributed by atoms with van der Waals surface area (Å²) in [4.78, 5) is 4.63. The van der Waals surface area contributed by atoms with E-state index in [4.69, 9.17) is 5.73 Å². The monoisotopic (exact) mass is 268 g/mol. The maximum atomic E-state index is 6.64. The first-order valence-corrected chi connectivity index (χ1v) is 7.90. The van der Waals surface area contributed by atoms with Crippen molar-refractivity contribution in [1.29, 1.82) is 0 Å². The lowest BCUT2D eigenvalue weighted by molar-refractivity contribution is 0.195. The molecule has 0 aliphatic heterocycles. The molecule has 1 aliphatic carbocycles. The molecule has 106 valence electrons. The van der Waals surface area contributed by atoms with E-state index in [9.17, 15) is 0 Å². The summed E-state index contributed by atoms with van der Waals surface area (Å²) in [5.74, 6) is 1.35. The Morgan fingerprint density at radius 1 is 1.20 bits per heavy atom. The molecule has 0 spiro atoms. The Labute approximate surface area is 121 Å². The average molecular weight is 268 g/mol. The standard InChI is InChI=1S/C18H24N2/c1-2-13-7-3-5-9-15(13)17(19)18-16-10-6-4-8-14(16)11-12-20-18/h4,6,8,10-13,15,17H,2-3,5,7,9,19H2,1H3. The number of benzene rings is 1. The molecule has 1 aliphatic rings. The summed E-state index contributed by atoms with van der Waals surface area (Å²) >= 11 is 0. The molecule has 1 saturated carbocycles. The second-order valence-electron chi connectivity index (χ2n) is 6.06. The van der Waals surface area contributed by atoms with E-state index in [1.807, 2.05) is 6.20 Å². The molecule has 0 bridgehead atoms. The molecular weight excluding hydrogens is 244 g/mol. The Hall–Kier alpha value is -1.41. The van der Waals surface area contributed by atoms with Gasteiger partial charge in [0.2, 0.25) is 0 Å². The third-order valence-electron chi connectivity index (χ3n) is 4.97. The van der Waals surface area contributed by atoms with Gasteiger partial charge < -0.3 is 5.73 Å². The summed E-state index contributed by atoms with van der Waals surface area (Å²) in [7, 11) is 0. The van der Waals surface area contributed by atoms with Crippen molar-refractivity contribution in [2.75, 3.05) is 0 Å². The molecule has 1 fully saturated rings. The summed E-state index contributed by atoms with van der Waals surface area (Å²) in [5.41, 5.74) is 7.73. The summed E-state index contributed by atoms with van der Waals surface area (Å²) in [6.45, 7) is 2.30. The van der Waals surface area contributed by atoms with Gasteiger partial charge in [-0.05, 0) is 29.7 Å². The Bertz CT molecular complexity index is 573. The fourth-order valence-electron chi connectivity index (χ4n) is 3.83. The Kier molecular flexibility index (Phi) is 4.02. The maximum absolute atomic E-state index is 6.64. The molecule has 0 saturated heterocycles. The third-order valence-corrected chi connectivity index (χ3v) is 4.97. The number of hydrogen-bond donors (Lipinski definition) is 1. The van der Waals surface area contributed by atoms with Gasteiger partial charge in [-0.1, -0.05) is 56.9 Å². The molecule has 0 amide bonds. The molecule has 2 heteroatoms. The van der Waals surface area contributed by atoms with Crippen molar-refractivity contribution < 1.29 is 0 Å². The highest BCUT2D eigenvalue weighted by Gasteiger charge is 2.30. The molecule has 3 unspecified atom stereocenters. The van der Waals surface area contributed by atoms with Crippen LogP contribution in [0.1, 0.15) is 50.8 Å². The minimum absolute atomic E-state index is 0.0753. The van der Waals surface area contributed by atoms with Gasteiger partial charge in [-0.3, -0.25) is 4.98 Å². The van der Waals surface area contributed by atoms with Gasteiger partial charge in [-0.25, -0.2) is 0 Å². The van der Waals surface area contributed by atoms with E-state index in [1.165, 1.54) is 42.9 Å². The van der Waals surface area contributed by atoms with E-state index in [0.29, 0.717) is 5.92 Å². The number of hydrogen-bond acceptors (Lipinski definition) is 2. The van der Waals surface area contributed by atoms with Gasteiger partial charge in [0.25, 0.3) is 0 Å². The summed E-state index contributed by atoms with van der Waals surface area (Å²) in [6.07, 6.45) is 8.42. The molecule has 0 radical (unpaired) electrons. The smallest absolute Gasteiger partial charge is 0.0652 e. The van der Waals surface area contributed by atoms with Crippen LogP contribution in [0.3, 0.4) is 0 Å². The minimum atomic E-state index is 0.0753. The van der Waals surface area contributed by atoms with Crippen molar-refractivity contribution in [3.8, 4) is 0 Å². The van der Waals surface area contributed by atoms with Crippen molar-refractivity contribution >= 4 is 10.8 Å². The second kappa shape index (κ2) is 5.92. The maximum Gasteiger partial charge on any atom is 0.0652 e. The lowest BCUT2D eigenvalue weighted by Crippen LogP contribution is -2.31. The van der Waals surface area contributed by atoms with Gasteiger partial charge in [0.05, 0.1) is 11.7 Å². The highest BCUT2D eigenvalue weighted by atomic mass is 14.8. The molecule has 3 atom stereocenters. The number of rotatable bonds is 3. The van der Waals surface area contributed by atoms with Gasteiger partial charge in [0, 0.05) is 11.6 Å². The van der Waals surface area contributed by atoms with Crippen LogP contribution in [0, 0.1) is 11.8 Å². The van der Waals surface area contributed by atoms with Crippen molar-refractivity contribution in [1.82, 2.24) is 4.98 Å². The van der Waals surface area contributed by atoms with Crippen LogP contribution in [0.15, 0.2) is 36.5 Å². The summed E-state index contributed by atoms with van der Waals surface area (Å²) < 4.78 is 0. The topological polar surface area (TPSA) is 38.9 Å². The van der Waals surface area contributed by atoms with Crippen molar-refractivity contribution in [3.63, 3.8) is 0 Å². The highest BCUT2D eigenvalue weighted by molar-refractivity contribution is 5.84. The second-order valence-corrected chi connectivity index (χ2v) is 6.06. The van der Waals surface area contributed by atoms with Gasteiger partial charge in [-0.2, -0.15) is 0 Å². The zero-order valence-corrected chi connectivity index (χ0v) is 12.3. The Balaban J connectivity index is 1.97. The fraction of sp³-hybridized carbons (Fsp3) is 0.500.